The molecule has 166 valence electrons. The number of carbonyl (C=O) groups excluding carboxylic acids is 1. The van der Waals surface area contributed by atoms with Gasteiger partial charge in [0.1, 0.15) is 11.6 Å². The lowest BCUT2D eigenvalue weighted by Gasteiger charge is -2.34. The first kappa shape index (κ1) is 23.2. The molecule has 0 saturated heterocycles. The highest BCUT2D eigenvalue weighted by Gasteiger charge is 2.28. The van der Waals surface area contributed by atoms with E-state index in [1.165, 1.54) is 81.2 Å². The van der Waals surface area contributed by atoms with E-state index in [-0.39, 0.29) is 5.82 Å². The van der Waals surface area contributed by atoms with E-state index in [0.717, 1.165) is 12.3 Å². The van der Waals surface area contributed by atoms with Crippen LogP contribution >= 0.6 is 0 Å². The van der Waals surface area contributed by atoms with E-state index >= 15 is 0 Å². The second kappa shape index (κ2) is 11.8. The minimum atomic E-state index is -0.425. The van der Waals surface area contributed by atoms with Crippen molar-refractivity contribution in [2.24, 2.45) is 11.8 Å². The van der Waals surface area contributed by atoms with Crippen LogP contribution in [0.5, 0.6) is 5.75 Å². The van der Waals surface area contributed by atoms with Gasteiger partial charge in [0.05, 0.1) is 5.56 Å². The van der Waals surface area contributed by atoms with E-state index < -0.39 is 5.97 Å². The minimum Gasteiger partial charge on any atom is -0.423 e. The molecule has 0 amide bonds. The van der Waals surface area contributed by atoms with Crippen LogP contribution < -0.4 is 4.74 Å². The van der Waals surface area contributed by atoms with Crippen molar-refractivity contribution in [3.8, 4) is 5.75 Å². The highest BCUT2D eigenvalue weighted by Crippen LogP contribution is 2.41. The van der Waals surface area contributed by atoms with Gasteiger partial charge in [-0.25, -0.2) is 9.18 Å². The Hall–Kier alpha value is -2.42. The molecule has 2 nitrogen and oxygen atoms in total. The van der Waals surface area contributed by atoms with Crippen LogP contribution in [-0.2, 0) is 0 Å². The van der Waals surface area contributed by atoms with Crippen molar-refractivity contribution < 1.29 is 13.9 Å². The summed E-state index contributed by atoms with van der Waals surface area (Å²) in [6, 6.07) is 13.3. The SMILES string of the molecule is C=CCC(c1ccc(C(=O)Oc2ccc(F)cc2)cc1)[C@H]1CC[C@H](CCCCC)CC1. The van der Waals surface area contributed by atoms with Gasteiger partial charge in [0.15, 0.2) is 0 Å². The molecule has 2 aromatic rings. The summed E-state index contributed by atoms with van der Waals surface area (Å²) in [5.74, 6) is 1.60. The van der Waals surface area contributed by atoms with Crippen LogP contribution in [0.25, 0.3) is 0 Å². The Morgan fingerprint density at radius 3 is 2.35 bits per heavy atom. The van der Waals surface area contributed by atoms with Crippen LogP contribution in [0.1, 0.15) is 86.6 Å². The molecule has 2 aromatic carbocycles. The predicted molar refractivity (Wildman–Crippen MR) is 125 cm³/mol. The molecule has 1 unspecified atom stereocenters. The molecule has 1 fully saturated rings. The fourth-order valence-corrected chi connectivity index (χ4v) is 4.88. The molecule has 0 aliphatic heterocycles. The number of carbonyl (C=O) groups is 1. The zero-order valence-electron chi connectivity index (χ0n) is 18.7. The van der Waals surface area contributed by atoms with Gasteiger partial charge < -0.3 is 4.74 Å². The van der Waals surface area contributed by atoms with Gasteiger partial charge in [-0.3, -0.25) is 0 Å². The maximum atomic E-state index is 13.0. The first-order valence-corrected chi connectivity index (χ1v) is 11.8. The second-order valence-electron chi connectivity index (χ2n) is 8.87. The Morgan fingerprint density at radius 2 is 1.74 bits per heavy atom. The third-order valence-electron chi connectivity index (χ3n) is 6.70. The summed E-state index contributed by atoms with van der Waals surface area (Å²) >= 11 is 0. The molecule has 0 bridgehead atoms. The first-order chi connectivity index (χ1) is 15.1. The molecule has 1 aliphatic carbocycles. The molecule has 1 atom stereocenters. The van der Waals surface area contributed by atoms with Gasteiger partial charge in [-0.15, -0.1) is 6.58 Å². The van der Waals surface area contributed by atoms with Crippen LogP contribution in [0.3, 0.4) is 0 Å². The predicted octanol–water partition coefficient (Wildman–Crippen LogP) is 8.09. The van der Waals surface area contributed by atoms with Crippen LogP contribution in [0, 0.1) is 17.7 Å². The number of esters is 1. The van der Waals surface area contributed by atoms with Crippen molar-refractivity contribution in [2.45, 2.75) is 70.6 Å². The van der Waals surface area contributed by atoms with E-state index in [4.69, 9.17) is 4.74 Å². The number of unbranched alkanes of at least 4 members (excludes halogenated alkanes) is 2. The Labute approximate surface area is 186 Å². The lowest BCUT2D eigenvalue weighted by Crippen LogP contribution is -2.20. The van der Waals surface area contributed by atoms with E-state index in [1.54, 1.807) is 0 Å². The molecular weight excluding hydrogens is 387 g/mol. The third kappa shape index (κ3) is 6.78. The maximum Gasteiger partial charge on any atom is 0.343 e. The van der Waals surface area contributed by atoms with E-state index in [0.29, 0.717) is 23.1 Å². The number of hydrogen-bond acceptors (Lipinski definition) is 2. The number of halogens is 1. The fourth-order valence-electron chi connectivity index (χ4n) is 4.88. The third-order valence-corrected chi connectivity index (χ3v) is 6.70. The largest absolute Gasteiger partial charge is 0.423 e. The first-order valence-electron chi connectivity index (χ1n) is 11.8. The molecule has 0 heterocycles. The van der Waals surface area contributed by atoms with Gasteiger partial charge >= 0.3 is 5.97 Å². The summed E-state index contributed by atoms with van der Waals surface area (Å²) in [7, 11) is 0. The van der Waals surface area contributed by atoms with Gasteiger partial charge in [-0.05, 0) is 79.0 Å². The number of ether oxygens (including phenoxy) is 1. The Balaban J connectivity index is 1.59. The topological polar surface area (TPSA) is 26.3 Å². The second-order valence-corrected chi connectivity index (χ2v) is 8.87. The van der Waals surface area contributed by atoms with Crippen molar-refractivity contribution in [3.63, 3.8) is 0 Å². The molecular formula is C28H35FO2. The zero-order valence-corrected chi connectivity index (χ0v) is 18.7. The molecule has 0 N–H and O–H groups in total. The quantitative estimate of drug-likeness (QED) is 0.167. The average Bonchev–Trinajstić information content (AvgIpc) is 2.80. The Kier molecular flexibility index (Phi) is 8.87. The van der Waals surface area contributed by atoms with Crippen molar-refractivity contribution in [3.05, 3.63) is 78.1 Å². The van der Waals surface area contributed by atoms with Crippen LogP contribution in [0.2, 0.25) is 0 Å². The van der Waals surface area contributed by atoms with Crippen LogP contribution in [0.4, 0.5) is 4.39 Å². The Morgan fingerprint density at radius 1 is 1.06 bits per heavy atom. The van der Waals surface area contributed by atoms with Crippen molar-refractivity contribution in [1.29, 1.82) is 0 Å². The van der Waals surface area contributed by atoms with Crippen molar-refractivity contribution in [2.75, 3.05) is 0 Å². The maximum absolute atomic E-state index is 13.0. The summed E-state index contributed by atoms with van der Waals surface area (Å²) in [5.41, 5.74) is 1.78. The monoisotopic (exact) mass is 422 g/mol. The molecule has 31 heavy (non-hydrogen) atoms. The number of rotatable bonds is 10. The van der Waals surface area contributed by atoms with Crippen molar-refractivity contribution >= 4 is 5.97 Å². The molecule has 1 saturated carbocycles. The summed E-state index contributed by atoms with van der Waals surface area (Å²) < 4.78 is 18.4. The van der Waals surface area contributed by atoms with E-state index in [1.807, 2.05) is 18.2 Å². The van der Waals surface area contributed by atoms with Crippen LogP contribution in [-0.4, -0.2) is 5.97 Å². The van der Waals surface area contributed by atoms with E-state index in [9.17, 15) is 9.18 Å². The Bertz CT molecular complexity index is 817. The fraction of sp³-hybridized carbons (Fsp3) is 0.464. The molecule has 0 spiro atoms. The molecule has 0 aromatic heterocycles. The molecule has 1 aliphatic rings. The van der Waals surface area contributed by atoms with E-state index in [2.05, 4.69) is 25.6 Å². The highest BCUT2D eigenvalue weighted by molar-refractivity contribution is 5.91. The molecule has 0 radical (unpaired) electrons. The van der Waals surface area contributed by atoms with Gasteiger partial charge in [-0.2, -0.15) is 0 Å². The summed E-state index contributed by atoms with van der Waals surface area (Å²) in [4.78, 5) is 12.4. The minimum absolute atomic E-state index is 0.343. The van der Waals surface area contributed by atoms with Crippen LogP contribution in [0.15, 0.2) is 61.2 Å². The van der Waals surface area contributed by atoms with Gasteiger partial charge in [-0.1, -0.05) is 63.7 Å². The highest BCUT2D eigenvalue weighted by atomic mass is 19.1. The lowest BCUT2D eigenvalue weighted by molar-refractivity contribution is 0.0734. The summed E-state index contributed by atoms with van der Waals surface area (Å²) in [6.07, 6.45) is 13.6. The normalized spacial score (nSPS) is 19.5. The summed E-state index contributed by atoms with van der Waals surface area (Å²) in [6.45, 7) is 6.25. The summed E-state index contributed by atoms with van der Waals surface area (Å²) in [5, 5.41) is 0. The molecule has 3 heteroatoms. The van der Waals surface area contributed by atoms with Gasteiger partial charge in [0, 0.05) is 0 Å². The lowest BCUT2D eigenvalue weighted by atomic mass is 9.71. The average molecular weight is 423 g/mol. The number of hydrogen-bond donors (Lipinski definition) is 0. The number of allylic oxidation sites excluding steroid dienone is 1. The van der Waals surface area contributed by atoms with Gasteiger partial charge in [0.25, 0.3) is 0 Å². The molecule has 3 rings (SSSR count). The van der Waals surface area contributed by atoms with Gasteiger partial charge in [0.2, 0.25) is 0 Å². The smallest absolute Gasteiger partial charge is 0.343 e. The van der Waals surface area contributed by atoms with Crippen molar-refractivity contribution in [1.82, 2.24) is 0 Å². The standard InChI is InChI=1S/C28H35FO2/c1-3-5-6-8-21-9-11-22(12-10-21)27(7-4-2)23-13-15-24(16-14-23)28(30)31-26-19-17-25(29)18-20-26/h4,13-22,27H,2-3,5-12H2,1H3/t21-,22-,27?. The number of benzene rings is 2. The zero-order chi connectivity index (χ0) is 22.1.